The monoisotopic (exact) mass is 293 g/mol. The molecule has 0 aliphatic carbocycles. The summed E-state index contributed by atoms with van der Waals surface area (Å²) in [6, 6.07) is 0. The van der Waals surface area contributed by atoms with Crippen molar-refractivity contribution in [3.05, 3.63) is 23.9 Å². The van der Waals surface area contributed by atoms with Gasteiger partial charge in [-0.05, 0) is 52.7 Å². The van der Waals surface area contributed by atoms with Crippen molar-refractivity contribution in [2.45, 2.75) is 58.3 Å². The molecule has 21 heavy (non-hydrogen) atoms. The Balaban J connectivity index is 2.28. The van der Waals surface area contributed by atoms with Gasteiger partial charge in [0.05, 0.1) is 17.8 Å². The number of esters is 2. The molecule has 2 aliphatic heterocycles. The van der Waals surface area contributed by atoms with E-state index in [4.69, 9.17) is 9.47 Å². The number of nitrogens with zero attached hydrogens (tertiary/aromatic N) is 1. The third kappa shape index (κ3) is 3.12. The molecule has 1 saturated heterocycles. The van der Waals surface area contributed by atoms with Gasteiger partial charge in [0.1, 0.15) is 0 Å². The molecule has 2 rings (SSSR count). The second-order valence-electron chi connectivity index (χ2n) is 6.04. The first-order valence-electron chi connectivity index (χ1n) is 7.45. The summed E-state index contributed by atoms with van der Waals surface area (Å²) in [5.74, 6) is -0.696. The largest absolute Gasteiger partial charge is 0.461 e. The summed E-state index contributed by atoms with van der Waals surface area (Å²) in [7, 11) is 0. The first-order chi connectivity index (χ1) is 9.85. The summed E-state index contributed by atoms with van der Waals surface area (Å²) in [5.41, 5.74) is -0.438. The number of hydrogen-bond donors (Lipinski definition) is 0. The molecule has 116 valence electrons. The Morgan fingerprint density at radius 3 is 2.48 bits per heavy atom. The molecule has 5 nitrogen and oxygen atoms in total. The van der Waals surface area contributed by atoms with Gasteiger partial charge in [-0.15, -0.1) is 0 Å². The summed E-state index contributed by atoms with van der Waals surface area (Å²) < 4.78 is 10.6. The van der Waals surface area contributed by atoms with Gasteiger partial charge < -0.3 is 14.4 Å². The van der Waals surface area contributed by atoms with Crippen molar-refractivity contribution < 1.29 is 19.1 Å². The van der Waals surface area contributed by atoms with E-state index in [1.807, 2.05) is 18.7 Å². The highest BCUT2D eigenvalue weighted by molar-refractivity contribution is 5.95. The van der Waals surface area contributed by atoms with Crippen molar-refractivity contribution in [3.63, 3.8) is 0 Å². The van der Waals surface area contributed by atoms with Crippen molar-refractivity contribution in [1.29, 1.82) is 0 Å². The van der Waals surface area contributed by atoms with E-state index in [-0.39, 0.29) is 18.2 Å². The van der Waals surface area contributed by atoms with E-state index in [2.05, 4.69) is 0 Å². The lowest BCUT2D eigenvalue weighted by Crippen LogP contribution is -2.49. The zero-order chi connectivity index (χ0) is 15.6. The van der Waals surface area contributed by atoms with E-state index in [9.17, 15) is 9.59 Å². The van der Waals surface area contributed by atoms with E-state index < -0.39 is 11.5 Å². The second-order valence-corrected chi connectivity index (χ2v) is 6.04. The van der Waals surface area contributed by atoms with E-state index >= 15 is 0 Å². The Morgan fingerprint density at radius 2 is 1.86 bits per heavy atom. The molecule has 0 radical (unpaired) electrons. The minimum atomic E-state index is -0.857. The van der Waals surface area contributed by atoms with Gasteiger partial charge >= 0.3 is 11.9 Å². The lowest BCUT2D eigenvalue weighted by Gasteiger charge is -2.36. The molecule has 1 atom stereocenters. The van der Waals surface area contributed by atoms with Crippen LogP contribution in [0.1, 0.15) is 40.5 Å². The van der Waals surface area contributed by atoms with Crippen LogP contribution in [-0.2, 0) is 19.1 Å². The van der Waals surface area contributed by atoms with Crippen LogP contribution in [0, 0.1) is 0 Å². The van der Waals surface area contributed by atoms with Crippen LogP contribution in [0.5, 0.6) is 0 Å². The second kappa shape index (κ2) is 5.92. The average molecular weight is 293 g/mol. The Hall–Kier alpha value is -1.78. The highest BCUT2D eigenvalue weighted by Gasteiger charge is 2.48. The predicted octanol–water partition coefficient (Wildman–Crippen LogP) is 2.18. The lowest BCUT2D eigenvalue weighted by molar-refractivity contribution is -0.156. The van der Waals surface area contributed by atoms with Crippen LogP contribution in [-0.4, -0.2) is 41.1 Å². The van der Waals surface area contributed by atoms with Gasteiger partial charge in [-0.2, -0.15) is 0 Å². The van der Waals surface area contributed by atoms with Gasteiger partial charge in [0, 0.05) is 12.7 Å². The predicted molar refractivity (Wildman–Crippen MR) is 78.4 cm³/mol. The number of hydrogen-bond acceptors (Lipinski definition) is 5. The number of ether oxygens (including phenoxy) is 2. The third-order valence-corrected chi connectivity index (χ3v) is 3.57. The Labute approximate surface area is 125 Å². The summed E-state index contributed by atoms with van der Waals surface area (Å²) in [5, 5.41) is 0. The molecule has 0 N–H and O–H groups in total. The highest BCUT2D eigenvalue weighted by Crippen LogP contribution is 2.36. The number of fused-ring (bicyclic) bond motifs is 1. The smallest absolute Gasteiger partial charge is 0.338 e. The molecular weight excluding hydrogens is 270 g/mol. The maximum absolute atomic E-state index is 12.5. The Bertz CT molecular complexity index is 493. The van der Waals surface area contributed by atoms with E-state index in [1.54, 1.807) is 32.2 Å². The van der Waals surface area contributed by atoms with Crippen LogP contribution in [0.2, 0.25) is 0 Å². The molecule has 0 aromatic heterocycles. The number of carbonyl (C=O) groups excluding carboxylic acids is 2. The van der Waals surface area contributed by atoms with Crippen LogP contribution >= 0.6 is 0 Å². The van der Waals surface area contributed by atoms with Crippen molar-refractivity contribution in [1.82, 2.24) is 4.90 Å². The molecular formula is C16H23NO4. The fourth-order valence-corrected chi connectivity index (χ4v) is 2.70. The molecule has 0 amide bonds. The number of rotatable bonds is 4. The topological polar surface area (TPSA) is 55.8 Å². The van der Waals surface area contributed by atoms with Gasteiger partial charge in [0.15, 0.2) is 5.54 Å². The molecule has 2 heterocycles. The minimum Gasteiger partial charge on any atom is -0.461 e. The molecule has 1 unspecified atom stereocenters. The van der Waals surface area contributed by atoms with Crippen LogP contribution in [0.15, 0.2) is 23.9 Å². The summed E-state index contributed by atoms with van der Waals surface area (Å²) in [6.07, 6.45) is 6.38. The fourth-order valence-electron chi connectivity index (χ4n) is 2.70. The molecule has 5 heteroatoms. The standard InChI is InChI=1S/C16H23NO4/c1-11(2)20-14(18)13-6-9-17-8-5-7-16(17,10-13)15(19)21-12(3)4/h6,9-12H,5,7-8H2,1-4H3. The average Bonchev–Trinajstić information content (AvgIpc) is 2.80. The van der Waals surface area contributed by atoms with Gasteiger partial charge in [-0.1, -0.05) is 0 Å². The van der Waals surface area contributed by atoms with E-state index in [1.165, 1.54) is 0 Å². The van der Waals surface area contributed by atoms with E-state index in [0.29, 0.717) is 12.0 Å². The highest BCUT2D eigenvalue weighted by atomic mass is 16.5. The molecule has 0 aromatic carbocycles. The third-order valence-electron chi connectivity index (χ3n) is 3.57. The van der Waals surface area contributed by atoms with Gasteiger partial charge in [-0.25, -0.2) is 9.59 Å². The zero-order valence-corrected chi connectivity index (χ0v) is 13.1. The quantitative estimate of drug-likeness (QED) is 0.744. The Morgan fingerprint density at radius 1 is 1.19 bits per heavy atom. The van der Waals surface area contributed by atoms with Crippen molar-refractivity contribution in [2.75, 3.05) is 6.54 Å². The lowest BCUT2D eigenvalue weighted by atomic mass is 9.91. The van der Waals surface area contributed by atoms with Crippen LogP contribution in [0.25, 0.3) is 0 Å². The van der Waals surface area contributed by atoms with Gasteiger partial charge in [0.25, 0.3) is 0 Å². The normalized spacial score (nSPS) is 24.1. The first-order valence-corrected chi connectivity index (χ1v) is 7.45. The summed E-state index contributed by atoms with van der Waals surface area (Å²) in [6.45, 7) is 8.03. The number of carbonyl (C=O) groups is 2. The van der Waals surface area contributed by atoms with Crippen LogP contribution in [0.4, 0.5) is 0 Å². The molecule has 0 saturated carbocycles. The van der Waals surface area contributed by atoms with Crippen molar-refractivity contribution >= 4 is 11.9 Å². The Kier molecular flexibility index (Phi) is 4.40. The van der Waals surface area contributed by atoms with Crippen LogP contribution in [0.3, 0.4) is 0 Å². The van der Waals surface area contributed by atoms with E-state index in [0.717, 1.165) is 13.0 Å². The maximum Gasteiger partial charge on any atom is 0.338 e. The fraction of sp³-hybridized carbons (Fsp3) is 0.625. The summed E-state index contributed by atoms with van der Waals surface area (Å²) >= 11 is 0. The summed E-state index contributed by atoms with van der Waals surface area (Å²) in [4.78, 5) is 26.5. The van der Waals surface area contributed by atoms with Gasteiger partial charge in [-0.3, -0.25) is 0 Å². The SMILES string of the molecule is CC(C)OC(=O)C1=CC2(C(=O)OC(C)C)CCCN2C=C1. The van der Waals surface area contributed by atoms with Gasteiger partial charge in [0.2, 0.25) is 0 Å². The van der Waals surface area contributed by atoms with Crippen molar-refractivity contribution in [2.24, 2.45) is 0 Å². The van der Waals surface area contributed by atoms with Crippen LogP contribution < -0.4 is 0 Å². The molecule has 0 aromatic rings. The molecule has 0 bridgehead atoms. The zero-order valence-electron chi connectivity index (χ0n) is 13.1. The maximum atomic E-state index is 12.5. The minimum absolute atomic E-state index is 0.181. The molecule has 2 aliphatic rings. The van der Waals surface area contributed by atoms with Crippen molar-refractivity contribution in [3.8, 4) is 0 Å². The first kappa shape index (κ1) is 15.6. The molecule has 0 spiro atoms. The molecule has 1 fully saturated rings.